The number of nitrogens with one attached hydrogen (secondary N) is 1. The SMILES string of the molecule is Cc1[nH]nc(N)c1C1C=CN(Cc2ccccc2)C=C1C#N. The predicted octanol–water partition coefficient (Wildman–Crippen LogP) is 2.82. The molecule has 2 heterocycles. The first-order valence-corrected chi connectivity index (χ1v) is 7.09. The maximum atomic E-state index is 9.48. The molecule has 110 valence electrons. The van der Waals surface area contributed by atoms with Crippen LogP contribution in [0.2, 0.25) is 0 Å². The number of nitriles is 1. The van der Waals surface area contributed by atoms with Crippen LogP contribution in [0.25, 0.3) is 0 Å². The van der Waals surface area contributed by atoms with Crippen LogP contribution in [-0.2, 0) is 6.54 Å². The molecule has 1 aliphatic rings. The van der Waals surface area contributed by atoms with E-state index in [1.807, 2.05) is 48.5 Å². The Balaban J connectivity index is 1.86. The highest BCUT2D eigenvalue weighted by molar-refractivity contribution is 5.53. The Kier molecular flexibility index (Phi) is 3.67. The Labute approximate surface area is 129 Å². The number of nitrogens with zero attached hydrogens (tertiary/aromatic N) is 3. The summed E-state index contributed by atoms with van der Waals surface area (Å²) < 4.78 is 0. The highest BCUT2D eigenvalue weighted by atomic mass is 15.2. The van der Waals surface area contributed by atoms with Crippen molar-refractivity contribution in [2.75, 3.05) is 5.73 Å². The third kappa shape index (κ3) is 2.59. The Hall–Kier alpha value is -3.00. The summed E-state index contributed by atoms with van der Waals surface area (Å²) in [4.78, 5) is 2.01. The smallest absolute Gasteiger partial charge is 0.149 e. The van der Waals surface area contributed by atoms with Gasteiger partial charge in [0.1, 0.15) is 5.82 Å². The lowest BCUT2D eigenvalue weighted by Crippen LogP contribution is -2.17. The highest BCUT2D eigenvalue weighted by Gasteiger charge is 2.24. The van der Waals surface area contributed by atoms with Gasteiger partial charge in [0.25, 0.3) is 0 Å². The first-order chi connectivity index (χ1) is 10.7. The molecule has 1 aromatic carbocycles. The minimum absolute atomic E-state index is 0.143. The minimum Gasteiger partial charge on any atom is -0.382 e. The number of allylic oxidation sites excluding steroid dienone is 2. The quantitative estimate of drug-likeness (QED) is 0.911. The van der Waals surface area contributed by atoms with E-state index in [9.17, 15) is 5.26 Å². The molecule has 0 aliphatic carbocycles. The molecule has 1 aromatic heterocycles. The zero-order valence-corrected chi connectivity index (χ0v) is 12.3. The summed E-state index contributed by atoms with van der Waals surface area (Å²) in [6.07, 6.45) is 5.86. The van der Waals surface area contributed by atoms with E-state index in [2.05, 4.69) is 28.4 Å². The second-order valence-electron chi connectivity index (χ2n) is 5.32. The molecule has 0 saturated heterocycles. The second kappa shape index (κ2) is 5.78. The average Bonchev–Trinajstić information content (AvgIpc) is 2.87. The van der Waals surface area contributed by atoms with E-state index < -0.39 is 0 Å². The van der Waals surface area contributed by atoms with E-state index in [1.165, 1.54) is 5.56 Å². The highest BCUT2D eigenvalue weighted by Crippen LogP contribution is 2.34. The first kappa shape index (κ1) is 14.0. The van der Waals surface area contributed by atoms with Gasteiger partial charge in [-0.05, 0) is 12.5 Å². The number of benzene rings is 1. The van der Waals surface area contributed by atoms with E-state index in [0.717, 1.165) is 17.8 Å². The summed E-state index contributed by atoms with van der Waals surface area (Å²) in [5.41, 5.74) is 9.55. The zero-order valence-electron chi connectivity index (χ0n) is 12.3. The van der Waals surface area contributed by atoms with Crippen LogP contribution in [0.15, 0.2) is 54.4 Å². The number of H-pyrrole nitrogens is 1. The van der Waals surface area contributed by atoms with Crippen molar-refractivity contribution in [1.29, 1.82) is 5.26 Å². The van der Waals surface area contributed by atoms with E-state index >= 15 is 0 Å². The number of hydrogen-bond acceptors (Lipinski definition) is 4. The number of aryl methyl sites for hydroxylation is 1. The van der Waals surface area contributed by atoms with E-state index in [-0.39, 0.29) is 5.92 Å². The molecule has 1 aliphatic heterocycles. The molecule has 5 nitrogen and oxygen atoms in total. The largest absolute Gasteiger partial charge is 0.382 e. The van der Waals surface area contributed by atoms with Crippen LogP contribution in [0.5, 0.6) is 0 Å². The van der Waals surface area contributed by atoms with Gasteiger partial charge in [-0.3, -0.25) is 5.10 Å². The molecule has 0 saturated carbocycles. The number of nitrogen functional groups attached to an aromatic ring is 1. The number of nitrogens with two attached hydrogens (primary N) is 1. The van der Waals surface area contributed by atoms with Crippen molar-refractivity contribution in [2.24, 2.45) is 0 Å². The Morgan fingerprint density at radius 2 is 2.14 bits per heavy atom. The standard InChI is InChI=1S/C17H17N5/c1-12-16(17(19)21-20-12)15-7-8-22(11-14(15)9-18)10-13-5-3-2-4-6-13/h2-8,11,15H,10H2,1H3,(H3,19,20,21). The summed E-state index contributed by atoms with van der Waals surface area (Å²) in [5, 5.41) is 16.4. The molecule has 0 amide bonds. The zero-order chi connectivity index (χ0) is 15.5. The maximum Gasteiger partial charge on any atom is 0.149 e. The Morgan fingerprint density at radius 1 is 1.36 bits per heavy atom. The molecule has 1 unspecified atom stereocenters. The predicted molar refractivity (Wildman–Crippen MR) is 85.3 cm³/mol. The summed E-state index contributed by atoms with van der Waals surface area (Å²) >= 11 is 0. The molecule has 2 aromatic rings. The van der Waals surface area contributed by atoms with E-state index in [0.29, 0.717) is 11.4 Å². The third-order valence-corrected chi connectivity index (χ3v) is 3.78. The molecule has 22 heavy (non-hydrogen) atoms. The molecule has 5 heteroatoms. The van der Waals surface area contributed by atoms with Crippen molar-refractivity contribution in [2.45, 2.75) is 19.4 Å². The van der Waals surface area contributed by atoms with E-state index in [4.69, 9.17) is 5.73 Å². The number of aromatic amines is 1. The van der Waals surface area contributed by atoms with Crippen molar-refractivity contribution >= 4 is 5.82 Å². The van der Waals surface area contributed by atoms with Crippen molar-refractivity contribution in [3.63, 3.8) is 0 Å². The summed E-state index contributed by atoms with van der Waals surface area (Å²) in [5.74, 6) is 0.306. The molecule has 0 radical (unpaired) electrons. The van der Waals surface area contributed by atoms with Gasteiger partial charge in [-0.1, -0.05) is 36.4 Å². The fourth-order valence-electron chi connectivity index (χ4n) is 2.69. The number of rotatable bonds is 3. The number of anilines is 1. The summed E-state index contributed by atoms with van der Waals surface area (Å²) in [6, 6.07) is 12.4. The average molecular weight is 291 g/mol. The number of aromatic nitrogens is 2. The van der Waals surface area contributed by atoms with Gasteiger partial charge in [0.15, 0.2) is 0 Å². The van der Waals surface area contributed by atoms with Crippen LogP contribution in [0.4, 0.5) is 5.82 Å². The molecular weight excluding hydrogens is 274 g/mol. The van der Waals surface area contributed by atoms with Crippen LogP contribution in [0, 0.1) is 18.3 Å². The van der Waals surface area contributed by atoms with Crippen LogP contribution >= 0.6 is 0 Å². The monoisotopic (exact) mass is 291 g/mol. The van der Waals surface area contributed by atoms with Gasteiger partial charge in [-0.15, -0.1) is 0 Å². The molecule has 3 N–H and O–H groups in total. The van der Waals surface area contributed by atoms with Gasteiger partial charge in [0.2, 0.25) is 0 Å². The summed E-state index contributed by atoms with van der Waals surface area (Å²) in [7, 11) is 0. The van der Waals surface area contributed by atoms with Crippen LogP contribution < -0.4 is 5.73 Å². The van der Waals surface area contributed by atoms with Crippen LogP contribution in [0.3, 0.4) is 0 Å². The van der Waals surface area contributed by atoms with Gasteiger partial charge in [0, 0.05) is 36.1 Å². The second-order valence-corrected chi connectivity index (χ2v) is 5.32. The fraction of sp³-hybridized carbons (Fsp3) is 0.176. The van der Waals surface area contributed by atoms with Crippen LogP contribution in [-0.4, -0.2) is 15.1 Å². The Bertz CT molecular complexity index is 745. The van der Waals surface area contributed by atoms with Gasteiger partial charge >= 0.3 is 0 Å². The van der Waals surface area contributed by atoms with Gasteiger partial charge in [-0.25, -0.2) is 0 Å². The molecule has 3 rings (SSSR count). The van der Waals surface area contributed by atoms with Gasteiger partial charge in [-0.2, -0.15) is 10.4 Å². The lowest BCUT2D eigenvalue weighted by molar-refractivity contribution is 0.485. The maximum absolute atomic E-state index is 9.48. The van der Waals surface area contributed by atoms with Gasteiger partial charge < -0.3 is 10.6 Å². The molecule has 0 spiro atoms. The van der Waals surface area contributed by atoms with Crippen molar-refractivity contribution in [3.8, 4) is 6.07 Å². The Morgan fingerprint density at radius 3 is 2.77 bits per heavy atom. The van der Waals surface area contributed by atoms with Gasteiger partial charge in [0.05, 0.1) is 11.6 Å². The summed E-state index contributed by atoms with van der Waals surface area (Å²) in [6.45, 7) is 2.65. The lowest BCUT2D eigenvalue weighted by Gasteiger charge is -2.24. The normalized spacial score (nSPS) is 17.2. The third-order valence-electron chi connectivity index (χ3n) is 3.78. The van der Waals surface area contributed by atoms with Crippen LogP contribution in [0.1, 0.15) is 22.7 Å². The fourth-order valence-corrected chi connectivity index (χ4v) is 2.69. The lowest BCUT2D eigenvalue weighted by atomic mass is 9.90. The minimum atomic E-state index is -0.143. The first-order valence-electron chi connectivity index (χ1n) is 7.09. The topological polar surface area (TPSA) is 81.7 Å². The molecular formula is C17H17N5. The number of hydrogen-bond donors (Lipinski definition) is 2. The van der Waals surface area contributed by atoms with E-state index in [1.54, 1.807) is 0 Å². The van der Waals surface area contributed by atoms with Crippen molar-refractivity contribution in [1.82, 2.24) is 15.1 Å². The molecule has 0 fully saturated rings. The molecule has 0 bridgehead atoms. The van der Waals surface area contributed by atoms with Crippen molar-refractivity contribution in [3.05, 3.63) is 71.2 Å². The van der Waals surface area contributed by atoms with Crippen molar-refractivity contribution < 1.29 is 0 Å². The molecule has 1 atom stereocenters.